The molecule has 0 saturated heterocycles. The van der Waals surface area contributed by atoms with Gasteiger partial charge in [0, 0.05) is 19.3 Å². The molecule has 0 saturated carbocycles. The molecule has 3 nitrogen and oxygen atoms in total. The molecular weight excluding hydrogens is 162 g/mol. The Bertz CT molecular complexity index is 254. The Hall–Kier alpha value is -0.830. The number of hydrogen-bond acceptors (Lipinski definition) is 2. The van der Waals surface area contributed by atoms with Crippen LogP contribution in [-0.2, 0) is 13.5 Å². The monoisotopic (exact) mass is 181 g/mol. The first-order chi connectivity index (χ1) is 6.13. The molecule has 1 rings (SSSR count). The van der Waals surface area contributed by atoms with E-state index in [1.54, 1.807) is 0 Å². The van der Waals surface area contributed by atoms with Crippen molar-refractivity contribution in [2.75, 3.05) is 0 Å². The molecule has 0 amide bonds. The number of rotatable bonds is 4. The molecule has 0 aliphatic carbocycles. The van der Waals surface area contributed by atoms with Crippen molar-refractivity contribution in [1.82, 2.24) is 9.78 Å². The minimum absolute atomic E-state index is 0.306. The standard InChI is InChI=1S/C10H19N3/c1-4-10(11)8(2)5-9-6-12-13(3)7-9/h6-8,10H,4-5,11H2,1-3H3. The summed E-state index contributed by atoms with van der Waals surface area (Å²) in [6.45, 7) is 4.32. The van der Waals surface area contributed by atoms with Crippen molar-refractivity contribution in [2.45, 2.75) is 32.7 Å². The fourth-order valence-corrected chi connectivity index (χ4v) is 1.50. The van der Waals surface area contributed by atoms with Crippen molar-refractivity contribution in [1.29, 1.82) is 0 Å². The largest absolute Gasteiger partial charge is 0.327 e. The van der Waals surface area contributed by atoms with Crippen LogP contribution >= 0.6 is 0 Å². The SMILES string of the molecule is CCC(N)C(C)Cc1cnn(C)c1. The van der Waals surface area contributed by atoms with Gasteiger partial charge in [-0.3, -0.25) is 4.68 Å². The highest BCUT2D eigenvalue weighted by molar-refractivity contribution is 5.05. The summed E-state index contributed by atoms with van der Waals surface area (Å²) in [5, 5.41) is 4.13. The molecule has 0 aliphatic rings. The molecule has 2 unspecified atom stereocenters. The maximum Gasteiger partial charge on any atom is 0.0521 e. The molecule has 1 aromatic rings. The number of nitrogens with two attached hydrogens (primary N) is 1. The molecule has 0 fully saturated rings. The van der Waals surface area contributed by atoms with Crippen LogP contribution in [0, 0.1) is 5.92 Å². The van der Waals surface area contributed by atoms with E-state index < -0.39 is 0 Å². The average Bonchev–Trinajstić information content (AvgIpc) is 2.49. The van der Waals surface area contributed by atoms with Gasteiger partial charge in [-0.25, -0.2) is 0 Å². The van der Waals surface area contributed by atoms with Gasteiger partial charge >= 0.3 is 0 Å². The smallest absolute Gasteiger partial charge is 0.0521 e. The van der Waals surface area contributed by atoms with Gasteiger partial charge in [0.2, 0.25) is 0 Å². The van der Waals surface area contributed by atoms with Gasteiger partial charge in [0.25, 0.3) is 0 Å². The Labute approximate surface area is 79.9 Å². The zero-order valence-electron chi connectivity index (χ0n) is 8.70. The van der Waals surface area contributed by atoms with Crippen LogP contribution in [0.1, 0.15) is 25.8 Å². The highest BCUT2D eigenvalue weighted by atomic mass is 15.2. The first kappa shape index (κ1) is 10.3. The number of aromatic nitrogens is 2. The normalized spacial score (nSPS) is 15.7. The third-order valence-corrected chi connectivity index (χ3v) is 2.52. The lowest BCUT2D eigenvalue weighted by molar-refractivity contribution is 0.442. The van der Waals surface area contributed by atoms with E-state index in [1.807, 2.05) is 17.9 Å². The maximum atomic E-state index is 5.94. The highest BCUT2D eigenvalue weighted by Gasteiger charge is 2.11. The lowest BCUT2D eigenvalue weighted by Gasteiger charge is -2.16. The second kappa shape index (κ2) is 4.42. The summed E-state index contributed by atoms with van der Waals surface area (Å²) >= 11 is 0. The molecule has 0 radical (unpaired) electrons. The van der Waals surface area contributed by atoms with Crippen LogP contribution in [0.3, 0.4) is 0 Å². The Morgan fingerprint density at radius 3 is 2.77 bits per heavy atom. The molecule has 1 heterocycles. The van der Waals surface area contributed by atoms with Gasteiger partial charge in [0.15, 0.2) is 0 Å². The van der Waals surface area contributed by atoms with E-state index in [1.165, 1.54) is 5.56 Å². The first-order valence-electron chi connectivity index (χ1n) is 4.86. The van der Waals surface area contributed by atoms with Crippen molar-refractivity contribution in [3.8, 4) is 0 Å². The van der Waals surface area contributed by atoms with Crippen LogP contribution in [0.4, 0.5) is 0 Å². The first-order valence-corrected chi connectivity index (χ1v) is 4.86. The van der Waals surface area contributed by atoms with E-state index in [9.17, 15) is 0 Å². The Balaban J connectivity index is 2.49. The summed E-state index contributed by atoms with van der Waals surface area (Å²) in [5.41, 5.74) is 7.22. The van der Waals surface area contributed by atoms with Gasteiger partial charge in [-0.05, 0) is 24.3 Å². The van der Waals surface area contributed by atoms with Crippen LogP contribution in [0.25, 0.3) is 0 Å². The number of nitrogens with zero attached hydrogens (tertiary/aromatic N) is 2. The van der Waals surface area contributed by atoms with E-state index >= 15 is 0 Å². The second-order valence-corrected chi connectivity index (χ2v) is 3.78. The van der Waals surface area contributed by atoms with Gasteiger partial charge < -0.3 is 5.73 Å². The summed E-state index contributed by atoms with van der Waals surface area (Å²) in [5.74, 6) is 0.536. The van der Waals surface area contributed by atoms with Crippen LogP contribution in [-0.4, -0.2) is 15.8 Å². The maximum absolute atomic E-state index is 5.94. The Morgan fingerprint density at radius 2 is 2.31 bits per heavy atom. The lowest BCUT2D eigenvalue weighted by atomic mass is 9.94. The lowest BCUT2D eigenvalue weighted by Crippen LogP contribution is -2.28. The third-order valence-electron chi connectivity index (χ3n) is 2.52. The zero-order chi connectivity index (χ0) is 9.84. The minimum atomic E-state index is 0.306. The van der Waals surface area contributed by atoms with Crippen LogP contribution in [0.15, 0.2) is 12.4 Å². The number of hydrogen-bond donors (Lipinski definition) is 1. The predicted octanol–water partition coefficient (Wildman–Crippen LogP) is 1.34. The highest BCUT2D eigenvalue weighted by Crippen LogP contribution is 2.11. The molecule has 2 N–H and O–H groups in total. The van der Waals surface area contributed by atoms with Gasteiger partial charge in [-0.2, -0.15) is 5.10 Å². The van der Waals surface area contributed by atoms with E-state index in [4.69, 9.17) is 5.73 Å². The molecule has 0 aliphatic heterocycles. The molecular formula is C10H19N3. The van der Waals surface area contributed by atoms with Crippen molar-refractivity contribution in [3.05, 3.63) is 18.0 Å². The summed E-state index contributed by atoms with van der Waals surface area (Å²) < 4.78 is 1.83. The molecule has 1 aromatic heterocycles. The topological polar surface area (TPSA) is 43.8 Å². The molecule has 3 heteroatoms. The Kier molecular flexibility index (Phi) is 3.48. The summed E-state index contributed by atoms with van der Waals surface area (Å²) in [4.78, 5) is 0. The van der Waals surface area contributed by atoms with Crippen molar-refractivity contribution < 1.29 is 0 Å². The fourth-order valence-electron chi connectivity index (χ4n) is 1.50. The van der Waals surface area contributed by atoms with Gasteiger partial charge in [0.1, 0.15) is 0 Å². The van der Waals surface area contributed by atoms with E-state index in [-0.39, 0.29) is 0 Å². The molecule has 0 spiro atoms. The third kappa shape index (κ3) is 2.84. The van der Waals surface area contributed by atoms with E-state index in [0.29, 0.717) is 12.0 Å². The summed E-state index contributed by atoms with van der Waals surface area (Å²) in [6.07, 6.45) is 6.04. The summed E-state index contributed by atoms with van der Waals surface area (Å²) in [6, 6.07) is 0.306. The molecule has 13 heavy (non-hydrogen) atoms. The van der Waals surface area contributed by atoms with E-state index in [0.717, 1.165) is 12.8 Å². The van der Waals surface area contributed by atoms with Gasteiger partial charge in [-0.15, -0.1) is 0 Å². The van der Waals surface area contributed by atoms with Crippen LogP contribution < -0.4 is 5.73 Å². The Morgan fingerprint density at radius 1 is 1.62 bits per heavy atom. The molecule has 0 aromatic carbocycles. The minimum Gasteiger partial charge on any atom is -0.327 e. The second-order valence-electron chi connectivity index (χ2n) is 3.78. The van der Waals surface area contributed by atoms with Crippen LogP contribution in [0.5, 0.6) is 0 Å². The van der Waals surface area contributed by atoms with E-state index in [2.05, 4.69) is 25.1 Å². The molecule has 2 atom stereocenters. The quantitative estimate of drug-likeness (QED) is 0.761. The average molecular weight is 181 g/mol. The molecule has 0 bridgehead atoms. The zero-order valence-corrected chi connectivity index (χ0v) is 8.70. The van der Waals surface area contributed by atoms with Crippen LogP contribution in [0.2, 0.25) is 0 Å². The molecule has 74 valence electrons. The fraction of sp³-hybridized carbons (Fsp3) is 0.700. The number of aryl methyl sites for hydroxylation is 1. The van der Waals surface area contributed by atoms with Gasteiger partial charge in [0.05, 0.1) is 6.20 Å². The summed E-state index contributed by atoms with van der Waals surface area (Å²) in [7, 11) is 1.94. The van der Waals surface area contributed by atoms with Crippen molar-refractivity contribution in [2.24, 2.45) is 18.7 Å². The predicted molar refractivity (Wildman–Crippen MR) is 54.3 cm³/mol. The van der Waals surface area contributed by atoms with Gasteiger partial charge in [-0.1, -0.05) is 13.8 Å². The van der Waals surface area contributed by atoms with Crippen molar-refractivity contribution in [3.63, 3.8) is 0 Å². The van der Waals surface area contributed by atoms with Crippen molar-refractivity contribution >= 4 is 0 Å².